The molecule has 0 fully saturated rings. The molecule has 0 N–H and O–H groups in total. The molecule has 3 aromatic rings. The first kappa shape index (κ1) is 19.9. The van der Waals surface area contributed by atoms with Crippen molar-refractivity contribution in [3.8, 4) is 0 Å². The molecule has 0 saturated carbocycles. The molecule has 0 aliphatic heterocycles. The number of allylic oxidation sites excluding steroid dienone is 1. The van der Waals surface area contributed by atoms with E-state index in [2.05, 4.69) is 81.6 Å². The molecule has 0 spiro atoms. The maximum Gasteiger partial charge on any atom is 1.00 e. The van der Waals surface area contributed by atoms with E-state index in [1.807, 2.05) is 0 Å². The summed E-state index contributed by atoms with van der Waals surface area (Å²) in [5, 5.41) is 4.77. The predicted octanol–water partition coefficient (Wildman–Crippen LogP) is 3.44. The monoisotopic (exact) mass is 376 g/mol. The molecule has 2 aliphatic rings. The van der Waals surface area contributed by atoms with Gasteiger partial charge in [0.05, 0.1) is 0 Å². The summed E-state index contributed by atoms with van der Waals surface area (Å²) in [7, 11) is -1.71. The van der Waals surface area contributed by atoms with Gasteiger partial charge in [0.15, 0.2) is 0 Å². The minimum absolute atomic E-state index is 0. The molecule has 1 unspecified atom stereocenters. The van der Waals surface area contributed by atoms with Crippen molar-refractivity contribution in [3.63, 3.8) is 0 Å². The van der Waals surface area contributed by atoms with Crippen LogP contribution in [0.3, 0.4) is 0 Å². The zero-order chi connectivity index (χ0) is 18.8. The molecule has 0 aromatic heterocycles. The molecular formula is C26H29LiSi. The first-order valence-electron chi connectivity index (χ1n) is 10.5. The molecule has 0 bridgehead atoms. The van der Waals surface area contributed by atoms with Crippen LogP contribution >= 0.6 is 0 Å². The minimum Gasteiger partial charge on any atom is -0.151 e. The van der Waals surface area contributed by atoms with Crippen LogP contribution in [0.25, 0.3) is 16.8 Å². The summed E-state index contributed by atoms with van der Waals surface area (Å²) in [4.78, 5) is 0. The minimum atomic E-state index is -1.71. The van der Waals surface area contributed by atoms with Crippen molar-refractivity contribution in [1.29, 1.82) is 0 Å². The molecule has 0 heterocycles. The zero-order valence-corrected chi connectivity index (χ0v) is 19.0. The fourth-order valence-electron chi connectivity index (χ4n) is 5.45. The van der Waals surface area contributed by atoms with Gasteiger partial charge in [-0.1, -0.05) is 80.4 Å². The van der Waals surface area contributed by atoms with Crippen LogP contribution in [0.4, 0.5) is 0 Å². The molecule has 2 heteroatoms. The predicted molar refractivity (Wildman–Crippen MR) is 121 cm³/mol. The Balaban J connectivity index is 0.00000192. The van der Waals surface area contributed by atoms with E-state index in [1.165, 1.54) is 35.8 Å². The second-order valence-corrected chi connectivity index (χ2v) is 14.0. The number of rotatable bonds is 3. The molecule has 138 valence electrons. The number of fused-ring (bicyclic) bond motifs is 3. The third-order valence-corrected chi connectivity index (χ3v) is 10.9. The molecule has 0 nitrogen and oxygen atoms in total. The van der Waals surface area contributed by atoms with Crippen LogP contribution in [-0.2, 0) is 12.8 Å². The van der Waals surface area contributed by atoms with E-state index in [-0.39, 0.29) is 18.9 Å². The first-order valence-corrected chi connectivity index (χ1v) is 13.6. The Bertz CT molecular complexity index is 1070. The van der Waals surface area contributed by atoms with Crippen molar-refractivity contribution in [1.82, 2.24) is 0 Å². The largest absolute Gasteiger partial charge is 1.00 e. The van der Waals surface area contributed by atoms with Crippen molar-refractivity contribution < 1.29 is 18.9 Å². The Hall–Kier alpha value is -1.40. The maximum atomic E-state index is 2.59. The number of aryl methyl sites for hydroxylation is 2. The second kappa shape index (κ2) is 7.14. The number of hydrogen-bond acceptors (Lipinski definition) is 0. The fourth-order valence-corrected chi connectivity index (χ4v) is 8.84. The Morgan fingerprint density at radius 1 is 1.04 bits per heavy atom. The molecule has 0 radical (unpaired) electrons. The summed E-state index contributed by atoms with van der Waals surface area (Å²) in [5.41, 5.74) is 8.31. The molecule has 2 aliphatic carbocycles. The summed E-state index contributed by atoms with van der Waals surface area (Å²) >= 11 is 0. The molecule has 5 rings (SSSR count). The average Bonchev–Trinajstić information content (AvgIpc) is 3.35. The fraction of sp³-hybridized carbons (Fsp3) is 0.346. The normalized spacial score (nSPS) is 17.8. The zero-order valence-electron chi connectivity index (χ0n) is 18.0. The Morgan fingerprint density at radius 3 is 2.50 bits per heavy atom. The maximum absolute atomic E-state index is 2.59. The third kappa shape index (κ3) is 2.91. The van der Waals surface area contributed by atoms with Crippen LogP contribution in [0.15, 0.2) is 48.5 Å². The van der Waals surface area contributed by atoms with Crippen LogP contribution in [0.2, 0.25) is 13.1 Å². The molecular weight excluding hydrogens is 347 g/mol. The van der Waals surface area contributed by atoms with E-state index in [0.29, 0.717) is 11.5 Å². The quantitative estimate of drug-likeness (QED) is 0.485. The summed E-state index contributed by atoms with van der Waals surface area (Å²) < 4.78 is 0. The standard InChI is InChI=1S/C26H29Si.Li/c1-17(2)22-16-26(24-15-20-10-7-9-19(20)14-23(22)24)27(3,4)25-13-12-18-8-5-6-11-21(18)25;/h5-6,8,11-17,25H,7,9-10H2,1-4H3;/q-1;+1. The van der Waals surface area contributed by atoms with Gasteiger partial charge in [0.2, 0.25) is 0 Å². The van der Waals surface area contributed by atoms with Crippen LogP contribution in [0.5, 0.6) is 0 Å². The molecule has 0 amide bonds. The second-order valence-electron chi connectivity index (χ2n) is 9.38. The Labute approximate surface area is 182 Å². The van der Waals surface area contributed by atoms with Gasteiger partial charge in [-0.15, -0.1) is 34.2 Å². The molecule has 3 aromatic carbocycles. The molecule has 28 heavy (non-hydrogen) atoms. The summed E-state index contributed by atoms with van der Waals surface area (Å²) in [6.45, 7) is 9.86. The Kier molecular flexibility index (Phi) is 5.07. The summed E-state index contributed by atoms with van der Waals surface area (Å²) in [6.07, 6.45) is 8.69. The van der Waals surface area contributed by atoms with E-state index in [0.717, 1.165) is 0 Å². The summed E-state index contributed by atoms with van der Waals surface area (Å²) in [5.74, 6) is 0.580. The molecule has 1 atom stereocenters. The molecule has 0 saturated heterocycles. The van der Waals surface area contributed by atoms with E-state index < -0.39 is 8.07 Å². The van der Waals surface area contributed by atoms with E-state index in [4.69, 9.17) is 0 Å². The van der Waals surface area contributed by atoms with Crippen LogP contribution in [-0.4, -0.2) is 8.07 Å². The van der Waals surface area contributed by atoms with Gasteiger partial charge in [-0.05, 0) is 35.9 Å². The third-order valence-electron chi connectivity index (χ3n) is 7.03. The van der Waals surface area contributed by atoms with Gasteiger partial charge in [-0.3, -0.25) is 0 Å². The van der Waals surface area contributed by atoms with Crippen LogP contribution < -0.4 is 24.0 Å². The van der Waals surface area contributed by atoms with Crippen molar-refractivity contribution in [3.05, 3.63) is 76.4 Å². The van der Waals surface area contributed by atoms with Crippen LogP contribution in [0.1, 0.15) is 59.5 Å². The topological polar surface area (TPSA) is 0 Å². The van der Waals surface area contributed by atoms with Gasteiger partial charge in [0, 0.05) is 8.07 Å². The van der Waals surface area contributed by atoms with Gasteiger partial charge in [-0.25, -0.2) is 0 Å². The smallest absolute Gasteiger partial charge is 0.151 e. The number of hydrogen-bond donors (Lipinski definition) is 0. The van der Waals surface area contributed by atoms with Gasteiger partial charge in [-0.2, -0.15) is 5.56 Å². The van der Waals surface area contributed by atoms with Crippen molar-refractivity contribution >= 4 is 30.1 Å². The van der Waals surface area contributed by atoms with E-state index in [9.17, 15) is 0 Å². The number of benzene rings is 2. The summed E-state index contributed by atoms with van der Waals surface area (Å²) in [6, 6.07) is 16.7. The van der Waals surface area contributed by atoms with E-state index >= 15 is 0 Å². The van der Waals surface area contributed by atoms with Crippen LogP contribution in [0, 0.1) is 0 Å². The van der Waals surface area contributed by atoms with Gasteiger partial charge in [0.25, 0.3) is 0 Å². The van der Waals surface area contributed by atoms with Crippen molar-refractivity contribution in [2.24, 2.45) is 0 Å². The van der Waals surface area contributed by atoms with Crippen molar-refractivity contribution in [2.75, 3.05) is 0 Å². The van der Waals surface area contributed by atoms with Gasteiger partial charge in [0.1, 0.15) is 0 Å². The first-order chi connectivity index (χ1) is 13.0. The van der Waals surface area contributed by atoms with Crippen molar-refractivity contribution in [2.45, 2.75) is 57.7 Å². The van der Waals surface area contributed by atoms with E-state index in [1.54, 1.807) is 27.3 Å². The average molecular weight is 377 g/mol. The Morgan fingerprint density at radius 2 is 1.75 bits per heavy atom. The SMILES string of the molecule is CC(C)c1c[c-]([Si](C)(C)C2C=Cc3ccccc32)c2cc3c(cc12)CCC3.[Li+]. The van der Waals surface area contributed by atoms with Gasteiger partial charge >= 0.3 is 18.9 Å². The van der Waals surface area contributed by atoms with Gasteiger partial charge < -0.3 is 0 Å².